The molecule has 0 aromatic heterocycles. The van der Waals surface area contributed by atoms with Gasteiger partial charge in [0.2, 0.25) is 0 Å². The van der Waals surface area contributed by atoms with E-state index in [4.69, 9.17) is 23.2 Å². The molecule has 1 aliphatic carbocycles. The lowest BCUT2D eigenvalue weighted by Gasteiger charge is -2.37. The summed E-state index contributed by atoms with van der Waals surface area (Å²) in [5.74, 6) is -2.29. The Labute approximate surface area is 239 Å². The van der Waals surface area contributed by atoms with Gasteiger partial charge in [0.25, 0.3) is 0 Å². The molecule has 0 saturated carbocycles. The minimum absolute atomic E-state index is 0.286. The molecule has 4 aromatic rings. The van der Waals surface area contributed by atoms with Crippen LogP contribution in [0.3, 0.4) is 0 Å². The second kappa shape index (κ2) is 8.98. The zero-order chi connectivity index (χ0) is 27.8. The number of carbonyl (C=O) groups is 3. The second-order valence-corrected chi connectivity index (χ2v) is 11.2. The van der Waals surface area contributed by atoms with Crippen molar-refractivity contribution in [3.8, 4) is 0 Å². The van der Waals surface area contributed by atoms with Crippen LogP contribution in [0.4, 0.5) is 10.1 Å². The van der Waals surface area contributed by atoms with Crippen molar-refractivity contribution in [1.29, 1.82) is 0 Å². The van der Waals surface area contributed by atoms with Crippen LogP contribution in [-0.2, 0) is 0 Å². The van der Waals surface area contributed by atoms with Crippen LogP contribution in [-0.4, -0.2) is 29.4 Å². The summed E-state index contributed by atoms with van der Waals surface area (Å²) in [5.41, 5.74) is 1.12. The van der Waals surface area contributed by atoms with E-state index in [0.717, 1.165) is 0 Å². The number of nitrogens with zero attached hydrogens (tertiary/aromatic N) is 1. The van der Waals surface area contributed by atoms with E-state index >= 15 is 0 Å². The van der Waals surface area contributed by atoms with Gasteiger partial charge >= 0.3 is 0 Å². The standard InChI is InChI=1S/C33H20Cl2FNO3/c34-21-11-8-18(9-12-21)30(38)29-28(20-4-3-5-22(35)16-20)33(31(39)24-6-1-2-7-25(24)32(33)40)27-15-10-19-17-23(36)13-14-26(19)37(27)29/h1-17,27-29H/t27-,28+,29+/m1/s1. The van der Waals surface area contributed by atoms with Crippen LogP contribution >= 0.6 is 23.2 Å². The predicted molar refractivity (Wildman–Crippen MR) is 153 cm³/mol. The van der Waals surface area contributed by atoms with Crippen molar-refractivity contribution in [2.75, 3.05) is 4.90 Å². The summed E-state index contributed by atoms with van der Waals surface area (Å²) in [6.45, 7) is 0. The highest BCUT2D eigenvalue weighted by atomic mass is 35.5. The molecular formula is C33H20Cl2FNO3. The number of benzene rings is 4. The molecule has 1 saturated heterocycles. The van der Waals surface area contributed by atoms with Crippen molar-refractivity contribution < 1.29 is 18.8 Å². The molecule has 0 amide bonds. The van der Waals surface area contributed by atoms with Crippen molar-refractivity contribution in [3.63, 3.8) is 0 Å². The van der Waals surface area contributed by atoms with E-state index < -0.39 is 29.2 Å². The Bertz CT molecular complexity index is 1750. The highest BCUT2D eigenvalue weighted by Crippen LogP contribution is 2.61. The van der Waals surface area contributed by atoms with Crippen LogP contribution in [0.2, 0.25) is 10.0 Å². The Hall–Kier alpha value is -4.06. The average molecular weight is 568 g/mol. The van der Waals surface area contributed by atoms with Gasteiger partial charge < -0.3 is 4.90 Å². The minimum Gasteiger partial charge on any atom is -0.352 e. The largest absolute Gasteiger partial charge is 0.352 e. The molecule has 0 bridgehead atoms. The van der Waals surface area contributed by atoms with Crippen LogP contribution in [0.1, 0.15) is 48.1 Å². The van der Waals surface area contributed by atoms with Crippen LogP contribution in [0.15, 0.2) is 97.1 Å². The summed E-state index contributed by atoms with van der Waals surface area (Å²) in [4.78, 5) is 45.5. The fraction of sp³-hybridized carbons (Fsp3) is 0.121. The topological polar surface area (TPSA) is 54.5 Å². The van der Waals surface area contributed by atoms with Crippen molar-refractivity contribution >= 4 is 52.3 Å². The van der Waals surface area contributed by atoms with Gasteiger partial charge in [-0.3, -0.25) is 14.4 Å². The Morgan fingerprint density at radius 2 is 1.50 bits per heavy atom. The second-order valence-electron chi connectivity index (χ2n) is 10.3. The normalized spacial score (nSPS) is 21.9. The number of hydrogen-bond donors (Lipinski definition) is 0. The maximum absolute atomic E-state index is 14.6. The molecule has 196 valence electrons. The maximum Gasteiger partial charge on any atom is 0.185 e. The highest BCUT2D eigenvalue weighted by Gasteiger charge is 2.71. The molecule has 0 unspecified atom stereocenters. The Kier molecular flexibility index (Phi) is 5.60. The molecular weight excluding hydrogens is 548 g/mol. The van der Waals surface area contributed by atoms with Crippen LogP contribution < -0.4 is 4.90 Å². The summed E-state index contributed by atoms with van der Waals surface area (Å²) in [6.07, 6.45) is 3.49. The number of ketones is 3. The zero-order valence-electron chi connectivity index (χ0n) is 20.9. The molecule has 7 heteroatoms. The van der Waals surface area contributed by atoms with Gasteiger partial charge in [0.1, 0.15) is 17.3 Å². The molecule has 3 aliphatic rings. The number of carbonyl (C=O) groups excluding carboxylic acids is 3. The fourth-order valence-electron chi connectivity index (χ4n) is 6.81. The lowest BCUT2D eigenvalue weighted by molar-refractivity contribution is 0.0666. The molecule has 7 rings (SSSR count). The molecule has 1 fully saturated rings. The van der Waals surface area contributed by atoms with Crippen LogP contribution in [0.5, 0.6) is 0 Å². The summed E-state index contributed by atoms with van der Waals surface area (Å²) < 4.78 is 14.3. The molecule has 40 heavy (non-hydrogen) atoms. The first-order valence-corrected chi connectivity index (χ1v) is 13.6. The van der Waals surface area contributed by atoms with Crippen molar-refractivity contribution in [1.82, 2.24) is 0 Å². The van der Waals surface area contributed by atoms with E-state index in [1.807, 2.05) is 4.90 Å². The lowest BCUT2D eigenvalue weighted by atomic mass is 9.64. The van der Waals surface area contributed by atoms with E-state index in [1.165, 1.54) is 12.1 Å². The van der Waals surface area contributed by atoms with E-state index in [0.29, 0.717) is 43.5 Å². The molecule has 4 aromatic carbocycles. The fourth-order valence-corrected chi connectivity index (χ4v) is 7.13. The molecule has 2 aliphatic heterocycles. The monoisotopic (exact) mass is 567 g/mol. The summed E-state index contributed by atoms with van der Waals surface area (Å²) in [5, 5.41) is 0.894. The highest BCUT2D eigenvalue weighted by molar-refractivity contribution is 6.33. The molecule has 1 spiro atoms. The van der Waals surface area contributed by atoms with Gasteiger partial charge in [0, 0.05) is 43.9 Å². The smallest absolute Gasteiger partial charge is 0.185 e. The third-order valence-electron chi connectivity index (χ3n) is 8.37. The Morgan fingerprint density at radius 1 is 0.800 bits per heavy atom. The van der Waals surface area contributed by atoms with E-state index in [1.54, 1.807) is 91.0 Å². The number of Topliss-reactive ketones (excluding diaryl/α,β-unsaturated/α-hetero) is 3. The average Bonchev–Trinajstić information content (AvgIpc) is 3.39. The molecule has 3 atom stereocenters. The number of hydrogen-bond acceptors (Lipinski definition) is 4. The van der Waals surface area contributed by atoms with E-state index in [2.05, 4.69) is 0 Å². The predicted octanol–water partition coefficient (Wildman–Crippen LogP) is 7.45. The van der Waals surface area contributed by atoms with Gasteiger partial charge in [-0.25, -0.2) is 4.39 Å². The maximum atomic E-state index is 14.6. The molecule has 0 radical (unpaired) electrons. The first-order chi connectivity index (χ1) is 19.3. The minimum atomic E-state index is -1.65. The first-order valence-electron chi connectivity index (χ1n) is 12.8. The van der Waals surface area contributed by atoms with Gasteiger partial charge in [0.15, 0.2) is 17.3 Å². The van der Waals surface area contributed by atoms with Gasteiger partial charge in [-0.2, -0.15) is 0 Å². The molecule has 0 N–H and O–H groups in total. The van der Waals surface area contributed by atoms with Gasteiger partial charge in [0.05, 0.1) is 6.04 Å². The lowest BCUT2D eigenvalue weighted by Crippen LogP contribution is -2.48. The van der Waals surface area contributed by atoms with Crippen LogP contribution in [0, 0.1) is 11.2 Å². The third kappa shape index (κ3) is 3.34. The van der Waals surface area contributed by atoms with Gasteiger partial charge in [-0.05, 0) is 60.2 Å². The summed E-state index contributed by atoms with van der Waals surface area (Å²) in [6, 6.07) is 22.8. The molecule has 2 heterocycles. The Balaban J connectivity index is 1.55. The van der Waals surface area contributed by atoms with Crippen molar-refractivity contribution in [2.45, 2.75) is 18.0 Å². The van der Waals surface area contributed by atoms with E-state index in [-0.39, 0.29) is 17.3 Å². The summed E-state index contributed by atoms with van der Waals surface area (Å²) in [7, 11) is 0. The molecule has 4 nitrogen and oxygen atoms in total. The first kappa shape index (κ1) is 24.9. The van der Waals surface area contributed by atoms with E-state index in [9.17, 15) is 18.8 Å². The number of fused-ring (bicyclic) bond motifs is 5. The Morgan fingerprint density at radius 3 is 2.17 bits per heavy atom. The SMILES string of the molecule is O=C(c1ccc(Cl)cc1)[C@@H]1[C@H](c2cccc(Cl)c2)C2(C(=O)c3ccccc3C2=O)[C@H]2C=Cc3cc(F)ccc3N12. The number of halogens is 3. The quantitative estimate of drug-likeness (QED) is 0.190. The third-order valence-corrected chi connectivity index (χ3v) is 8.86. The summed E-state index contributed by atoms with van der Waals surface area (Å²) >= 11 is 12.6. The number of anilines is 1. The van der Waals surface area contributed by atoms with Crippen LogP contribution in [0.25, 0.3) is 6.08 Å². The number of rotatable bonds is 3. The zero-order valence-corrected chi connectivity index (χ0v) is 22.4. The van der Waals surface area contributed by atoms with Gasteiger partial charge in [-0.15, -0.1) is 0 Å². The van der Waals surface area contributed by atoms with Gasteiger partial charge in [-0.1, -0.05) is 71.8 Å². The van der Waals surface area contributed by atoms with Crippen molar-refractivity contribution in [2.24, 2.45) is 5.41 Å². The van der Waals surface area contributed by atoms with Crippen molar-refractivity contribution in [3.05, 3.63) is 141 Å².